The summed E-state index contributed by atoms with van der Waals surface area (Å²) >= 11 is 0. The van der Waals surface area contributed by atoms with Crippen molar-refractivity contribution in [3.63, 3.8) is 0 Å². The number of rotatable bonds is 3. The average Bonchev–Trinajstić information content (AvgIpc) is 2.90. The zero-order valence-corrected chi connectivity index (χ0v) is 12.3. The summed E-state index contributed by atoms with van der Waals surface area (Å²) in [5.41, 5.74) is -0.752. The molecule has 0 aromatic carbocycles. The van der Waals surface area contributed by atoms with Gasteiger partial charge in [-0.15, -0.1) is 0 Å². The number of carboxylic acids is 1. The van der Waals surface area contributed by atoms with Crippen molar-refractivity contribution in [2.75, 3.05) is 0 Å². The van der Waals surface area contributed by atoms with Crippen LogP contribution in [0.4, 0.5) is 0 Å². The molecule has 3 aliphatic carbocycles. The van der Waals surface area contributed by atoms with Gasteiger partial charge in [0.2, 0.25) is 5.91 Å². The van der Waals surface area contributed by atoms with E-state index in [1.807, 2.05) is 0 Å². The Hall–Kier alpha value is -1.06. The third-order valence-electron chi connectivity index (χ3n) is 6.01. The molecule has 3 fully saturated rings. The van der Waals surface area contributed by atoms with Gasteiger partial charge in [-0.2, -0.15) is 0 Å². The quantitative estimate of drug-likeness (QED) is 0.834. The van der Waals surface area contributed by atoms with Gasteiger partial charge in [-0.05, 0) is 56.3 Å². The Morgan fingerprint density at radius 3 is 2.25 bits per heavy atom. The predicted molar refractivity (Wildman–Crippen MR) is 75.1 cm³/mol. The molecule has 1 spiro atoms. The van der Waals surface area contributed by atoms with Crippen LogP contribution >= 0.6 is 0 Å². The molecule has 112 valence electrons. The van der Waals surface area contributed by atoms with Crippen LogP contribution in [0.3, 0.4) is 0 Å². The van der Waals surface area contributed by atoms with E-state index in [2.05, 4.69) is 12.2 Å². The number of nitrogens with one attached hydrogen (secondary N) is 1. The molecule has 0 saturated heterocycles. The van der Waals surface area contributed by atoms with E-state index < -0.39 is 11.5 Å². The minimum absolute atomic E-state index is 0.00357. The minimum Gasteiger partial charge on any atom is -0.480 e. The average molecular weight is 279 g/mol. The monoisotopic (exact) mass is 279 g/mol. The molecule has 0 bridgehead atoms. The van der Waals surface area contributed by atoms with Crippen molar-refractivity contribution in [2.45, 2.75) is 70.3 Å². The first kappa shape index (κ1) is 13.9. The van der Waals surface area contributed by atoms with Gasteiger partial charge in [0.25, 0.3) is 0 Å². The molecule has 1 unspecified atom stereocenters. The Morgan fingerprint density at radius 1 is 1.10 bits per heavy atom. The minimum atomic E-state index is -0.994. The number of hydrogen-bond acceptors (Lipinski definition) is 2. The lowest BCUT2D eigenvalue weighted by Crippen LogP contribution is -2.56. The molecule has 3 aliphatic rings. The van der Waals surface area contributed by atoms with Crippen LogP contribution in [0.5, 0.6) is 0 Å². The number of hydrogen-bond donors (Lipinski definition) is 2. The van der Waals surface area contributed by atoms with Crippen molar-refractivity contribution in [2.24, 2.45) is 17.3 Å². The normalized spacial score (nSPS) is 38.6. The molecule has 1 amide bonds. The second-order valence-corrected chi connectivity index (χ2v) is 7.39. The van der Waals surface area contributed by atoms with Crippen molar-refractivity contribution in [3.05, 3.63) is 0 Å². The summed E-state index contributed by atoms with van der Waals surface area (Å²) in [7, 11) is 0. The molecule has 3 saturated carbocycles. The van der Waals surface area contributed by atoms with E-state index in [1.54, 1.807) is 0 Å². The maximum Gasteiger partial charge on any atom is 0.329 e. The van der Waals surface area contributed by atoms with Crippen molar-refractivity contribution < 1.29 is 14.7 Å². The third-order valence-corrected chi connectivity index (χ3v) is 6.01. The first-order chi connectivity index (χ1) is 9.47. The van der Waals surface area contributed by atoms with E-state index >= 15 is 0 Å². The van der Waals surface area contributed by atoms with Gasteiger partial charge >= 0.3 is 5.97 Å². The first-order valence-corrected chi connectivity index (χ1v) is 8.03. The molecule has 3 rings (SSSR count). The highest BCUT2D eigenvalue weighted by Crippen LogP contribution is 2.63. The second kappa shape index (κ2) is 4.74. The molecule has 4 heteroatoms. The second-order valence-electron chi connectivity index (χ2n) is 7.39. The summed E-state index contributed by atoms with van der Waals surface area (Å²) in [5.74, 6) is -0.190. The maximum absolute atomic E-state index is 12.5. The van der Waals surface area contributed by atoms with E-state index in [0.29, 0.717) is 18.8 Å². The molecule has 0 aromatic rings. The largest absolute Gasteiger partial charge is 0.480 e. The fourth-order valence-electron chi connectivity index (χ4n) is 4.32. The molecule has 0 aromatic heterocycles. The molecule has 0 radical (unpaired) electrons. The third kappa shape index (κ3) is 2.23. The van der Waals surface area contributed by atoms with Crippen LogP contribution in [0, 0.1) is 17.3 Å². The molecule has 0 heterocycles. The van der Waals surface area contributed by atoms with Crippen LogP contribution in [0.2, 0.25) is 0 Å². The van der Waals surface area contributed by atoms with Gasteiger partial charge in [-0.1, -0.05) is 19.8 Å². The summed E-state index contributed by atoms with van der Waals surface area (Å²) in [4.78, 5) is 24.1. The summed E-state index contributed by atoms with van der Waals surface area (Å²) < 4.78 is 0. The van der Waals surface area contributed by atoms with Gasteiger partial charge < -0.3 is 10.4 Å². The number of carboxylic acid groups (broad SMARTS) is 1. The summed E-state index contributed by atoms with van der Waals surface area (Å²) in [6, 6.07) is 0. The number of aliphatic carboxylic acids is 1. The van der Waals surface area contributed by atoms with Gasteiger partial charge in [0, 0.05) is 5.92 Å². The van der Waals surface area contributed by atoms with Crippen LogP contribution in [-0.2, 0) is 9.59 Å². The Balaban J connectivity index is 1.65. The van der Waals surface area contributed by atoms with Gasteiger partial charge in [-0.25, -0.2) is 4.79 Å². The zero-order chi connectivity index (χ0) is 14.4. The fourth-order valence-corrected chi connectivity index (χ4v) is 4.32. The highest BCUT2D eigenvalue weighted by molar-refractivity contribution is 5.90. The first-order valence-electron chi connectivity index (χ1n) is 8.03. The summed E-state index contributed by atoms with van der Waals surface area (Å²) in [6.45, 7) is 2.15. The topological polar surface area (TPSA) is 66.4 Å². The van der Waals surface area contributed by atoms with Gasteiger partial charge in [0.05, 0.1) is 0 Å². The van der Waals surface area contributed by atoms with Gasteiger partial charge in [0.15, 0.2) is 0 Å². The molecule has 2 N–H and O–H groups in total. The van der Waals surface area contributed by atoms with Crippen molar-refractivity contribution in [1.29, 1.82) is 0 Å². The van der Waals surface area contributed by atoms with Crippen molar-refractivity contribution in [3.8, 4) is 0 Å². The fraction of sp³-hybridized carbons (Fsp3) is 0.875. The predicted octanol–water partition coefficient (Wildman–Crippen LogP) is 2.72. The number of carbonyl (C=O) groups is 2. The Bertz CT molecular complexity index is 417. The molecule has 0 aliphatic heterocycles. The molecular formula is C16H25NO3. The van der Waals surface area contributed by atoms with Crippen LogP contribution in [0.25, 0.3) is 0 Å². The summed E-state index contributed by atoms with van der Waals surface area (Å²) in [6.07, 6.45) is 8.68. The SMILES string of the molecule is CC1CCC(NC(=O)C2CC23CCCC3)(C(=O)O)CC1. The van der Waals surface area contributed by atoms with Crippen molar-refractivity contribution >= 4 is 11.9 Å². The van der Waals surface area contributed by atoms with E-state index in [4.69, 9.17) is 0 Å². The molecule has 1 atom stereocenters. The molecule has 4 nitrogen and oxygen atoms in total. The van der Waals surface area contributed by atoms with Crippen molar-refractivity contribution in [1.82, 2.24) is 5.32 Å². The zero-order valence-electron chi connectivity index (χ0n) is 12.3. The van der Waals surface area contributed by atoms with E-state index in [-0.39, 0.29) is 17.2 Å². The van der Waals surface area contributed by atoms with Crippen LogP contribution < -0.4 is 5.32 Å². The Morgan fingerprint density at radius 2 is 1.70 bits per heavy atom. The summed E-state index contributed by atoms with van der Waals surface area (Å²) in [5, 5.41) is 12.5. The lowest BCUT2D eigenvalue weighted by molar-refractivity contribution is -0.150. The molecular weight excluding hydrogens is 254 g/mol. The molecule has 20 heavy (non-hydrogen) atoms. The highest BCUT2D eigenvalue weighted by atomic mass is 16.4. The van der Waals surface area contributed by atoms with Gasteiger partial charge in [0.1, 0.15) is 5.54 Å². The maximum atomic E-state index is 12.5. The Labute approximate surface area is 120 Å². The Kier molecular flexibility index (Phi) is 3.30. The lowest BCUT2D eigenvalue weighted by atomic mass is 9.77. The van der Waals surface area contributed by atoms with Gasteiger partial charge in [-0.3, -0.25) is 4.79 Å². The van der Waals surface area contributed by atoms with E-state index in [1.165, 1.54) is 12.8 Å². The van der Waals surface area contributed by atoms with Crippen LogP contribution in [0.15, 0.2) is 0 Å². The van der Waals surface area contributed by atoms with Crippen LogP contribution in [0.1, 0.15) is 64.7 Å². The van der Waals surface area contributed by atoms with E-state index in [9.17, 15) is 14.7 Å². The van der Waals surface area contributed by atoms with Crippen LogP contribution in [-0.4, -0.2) is 22.5 Å². The standard InChI is InChI=1S/C16H25NO3/c1-11-4-8-16(9-5-11,14(19)20)17-13(18)12-10-15(12)6-2-3-7-15/h11-12H,2-10H2,1H3,(H,17,18)(H,19,20). The highest BCUT2D eigenvalue weighted by Gasteiger charge is 2.59. The smallest absolute Gasteiger partial charge is 0.329 e. The van der Waals surface area contributed by atoms with E-state index in [0.717, 1.165) is 32.1 Å². The number of amides is 1. The number of carbonyl (C=O) groups excluding carboxylic acids is 1. The lowest BCUT2D eigenvalue weighted by Gasteiger charge is -2.36.